The van der Waals surface area contributed by atoms with Gasteiger partial charge in [0.25, 0.3) is 5.91 Å². The van der Waals surface area contributed by atoms with E-state index >= 15 is 0 Å². The third-order valence-corrected chi connectivity index (χ3v) is 5.39. The van der Waals surface area contributed by atoms with Crippen molar-refractivity contribution in [3.63, 3.8) is 0 Å². The van der Waals surface area contributed by atoms with Gasteiger partial charge in [-0.1, -0.05) is 29.8 Å². The van der Waals surface area contributed by atoms with Crippen LogP contribution in [0, 0.1) is 5.92 Å². The van der Waals surface area contributed by atoms with Gasteiger partial charge in [0.05, 0.1) is 0 Å². The van der Waals surface area contributed by atoms with Gasteiger partial charge in [-0.2, -0.15) is 0 Å². The van der Waals surface area contributed by atoms with E-state index in [-0.39, 0.29) is 5.91 Å². The van der Waals surface area contributed by atoms with Crippen LogP contribution in [0.2, 0.25) is 5.02 Å². The summed E-state index contributed by atoms with van der Waals surface area (Å²) in [6.07, 6.45) is 2.41. The van der Waals surface area contributed by atoms with Gasteiger partial charge < -0.3 is 10.2 Å². The first-order chi connectivity index (χ1) is 10.7. The van der Waals surface area contributed by atoms with Gasteiger partial charge in [0.15, 0.2) is 0 Å². The molecule has 1 atom stereocenters. The minimum atomic E-state index is 0.0284. The van der Waals surface area contributed by atoms with E-state index in [0.717, 1.165) is 22.3 Å². The number of fused-ring (bicyclic) bond motifs is 4. The molecule has 3 saturated heterocycles. The van der Waals surface area contributed by atoms with Crippen molar-refractivity contribution in [1.29, 1.82) is 0 Å². The molecule has 3 aliphatic heterocycles. The van der Waals surface area contributed by atoms with Gasteiger partial charge in [0, 0.05) is 28.6 Å². The fourth-order valence-electron chi connectivity index (χ4n) is 3.77. The lowest BCUT2D eigenvalue weighted by Gasteiger charge is -2.44. The summed E-state index contributed by atoms with van der Waals surface area (Å²) in [4.78, 5) is 15.0. The molecule has 3 fully saturated rings. The van der Waals surface area contributed by atoms with E-state index in [4.69, 9.17) is 11.6 Å². The van der Waals surface area contributed by atoms with Crippen molar-refractivity contribution < 1.29 is 4.79 Å². The van der Waals surface area contributed by atoms with Crippen LogP contribution in [0.25, 0.3) is 10.8 Å². The standard InChI is InChI=1S/C18H19ClN2O/c19-16-3-1-2-13-10-14(4-5-15(13)16)18(22)20-17-11-21-8-6-12(17)7-9-21/h1-5,10,12,17H,6-9,11H2,(H,20,22)/t17-/m0/s1. The maximum atomic E-state index is 12.6. The van der Waals surface area contributed by atoms with E-state index in [9.17, 15) is 4.79 Å². The van der Waals surface area contributed by atoms with Crippen LogP contribution in [-0.4, -0.2) is 36.5 Å². The molecule has 2 bridgehead atoms. The van der Waals surface area contributed by atoms with Crippen LogP contribution in [0.3, 0.4) is 0 Å². The van der Waals surface area contributed by atoms with E-state index in [2.05, 4.69) is 10.2 Å². The number of nitrogens with one attached hydrogen (secondary N) is 1. The highest BCUT2D eigenvalue weighted by Gasteiger charge is 2.34. The number of amides is 1. The first-order valence-electron chi connectivity index (χ1n) is 7.92. The lowest BCUT2D eigenvalue weighted by atomic mass is 9.84. The topological polar surface area (TPSA) is 32.3 Å². The molecule has 1 amide bonds. The predicted molar refractivity (Wildman–Crippen MR) is 89.4 cm³/mol. The van der Waals surface area contributed by atoms with Gasteiger partial charge >= 0.3 is 0 Å². The van der Waals surface area contributed by atoms with Gasteiger partial charge in [-0.05, 0) is 55.4 Å². The summed E-state index contributed by atoms with van der Waals surface area (Å²) in [5, 5.41) is 5.95. The highest BCUT2D eigenvalue weighted by Crippen LogP contribution is 2.28. The number of hydrogen-bond acceptors (Lipinski definition) is 2. The van der Waals surface area contributed by atoms with Crippen molar-refractivity contribution in [2.75, 3.05) is 19.6 Å². The molecular formula is C18H19ClN2O. The summed E-state index contributed by atoms with van der Waals surface area (Å²) in [6, 6.07) is 11.8. The molecule has 0 radical (unpaired) electrons. The second kappa shape index (κ2) is 5.56. The molecule has 4 heteroatoms. The van der Waals surface area contributed by atoms with Gasteiger partial charge in [0.1, 0.15) is 0 Å². The molecule has 0 saturated carbocycles. The number of benzene rings is 2. The maximum absolute atomic E-state index is 12.6. The Hall–Kier alpha value is -1.58. The second-order valence-corrected chi connectivity index (χ2v) is 6.80. The van der Waals surface area contributed by atoms with Crippen molar-refractivity contribution in [3.05, 3.63) is 47.0 Å². The zero-order chi connectivity index (χ0) is 15.1. The van der Waals surface area contributed by atoms with E-state index in [1.54, 1.807) is 0 Å². The van der Waals surface area contributed by atoms with Crippen LogP contribution >= 0.6 is 11.6 Å². The third kappa shape index (κ3) is 2.49. The maximum Gasteiger partial charge on any atom is 0.251 e. The number of piperidine rings is 3. The highest BCUT2D eigenvalue weighted by molar-refractivity contribution is 6.35. The summed E-state index contributed by atoms with van der Waals surface area (Å²) in [7, 11) is 0. The van der Waals surface area contributed by atoms with E-state index in [0.29, 0.717) is 17.5 Å². The Kier molecular flexibility index (Phi) is 3.55. The largest absolute Gasteiger partial charge is 0.348 e. The van der Waals surface area contributed by atoms with Crippen molar-refractivity contribution in [3.8, 4) is 0 Å². The van der Waals surface area contributed by atoms with Gasteiger partial charge in [-0.15, -0.1) is 0 Å². The Labute approximate surface area is 135 Å². The molecule has 2 aromatic rings. The molecule has 0 spiro atoms. The quantitative estimate of drug-likeness (QED) is 0.922. The number of halogens is 1. The van der Waals surface area contributed by atoms with Crippen molar-refractivity contribution >= 4 is 28.3 Å². The zero-order valence-electron chi connectivity index (χ0n) is 12.4. The first kappa shape index (κ1) is 14.0. The fraction of sp³-hybridized carbons (Fsp3) is 0.389. The zero-order valence-corrected chi connectivity index (χ0v) is 13.1. The number of carbonyl (C=O) groups excluding carboxylic acids is 1. The van der Waals surface area contributed by atoms with Crippen molar-refractivity contribution in [2.45, 2.75) is 18.9 Å². The summed E-state index contributed by atoms with van der Waals surface area (Å²) in [5.74, 6) is 0.671. The average Bonchev–Trinajstić information content (AvgIpc) is 2.56. The average molecular weight is 315 g/mol. The Morgan fingerprint density at radius 3 is 2.73 bits per heavy atom. The summed E-state index contributed by atoms with van der Waals surface area (Å²) >= 11 is 6.18. The SMILES string of the molecule is O=C(N[C@H]1CN2CCC1CC2)c1ccc2c(Cl)cccc2c1. The minimum absolute atomic E-state index is 0.0284. The van der Waals surface area contributed by atoms with Crippen LogP contribution in [0.15, 0.2) is 36.4 Å². The second-order valence-electron chi connectivity index (χ2n) is 6.39. The molecule has 3 aliphatic rings. The molecule has 5 rings (SSSR count). The van der Waals surface area contributed by atoms with Crippen molar-refractivity contribution in [1.82, 2.24) is 10.2 Å². The lowest BCUT2D eigenvalue weighted by Crippen LogP contribution is -2.57. The lowest BCUT2D eigenvalue weighted by molar-refractivity contribution is 0.0620. The Morgan fingerprint density at radius 2 is 2.00 bits per heavy atom. The Bertz CT molecular complexity index is 722. The van der Waals surface area contributed by atoms with E-state index < -0.39 is 0 Å². The Balaban J connectivity index is 1.55. The molecule has 0 aliphatic carbocycles. The molecule has 2 aromatic carbocycles. The van der Waals surface area contributed by atoms with E-state index in [1.807, 2.05) is 36.4 Å². The number of rotatable bonds is 2. The normalized spacial score (nSPS) is 27.0. The summed E-state index contributed by atoms with van der Waals surface area (Å²) in [5.41, 5.74) is 0.714. The summed E-state index contributed by atoms with van der Waals surface area (Å²) < 4.78 is 0. The third-order valence-electron chi connectivity index (χ3n) is 5.06. The van der Waals surface area contributed by atoms with Gasteiger partial charge in [-0.3, -0.25) is 4.79 Å². The Morgan fingerprint density at radius 1 is 1.18 bits per heavy atom. The predicted octanol–water partition coefficient (Wildman–Crippen LogP) is 3.32. The molecule has 1 N–H and O–H groups in total. The molecular weight excluding hydrogens is 296 g/mol. The van der Waals surface area contributed by atoms with E-state index in [1.165, 1.54) is 25.9 Å². The molecule has 114 valence electrons. The number of carbonyl (C=O) groups is 1. The van der Waals surface area contributed by atoms with Gasteiger partial charge in [0.2, 0.25) is 0 Å². The molecule has 3 nitrogen and oxygen atoms in total. The smallest absolute Gasteiger partial charge is 0.251 e. The van der Waals surface area contributed by atoms with Crippen LogP contribution in [0.5, 0.6) is 0 Å². The van der Waals surface area contributed by atoms with Crippen LogP contribution in [-0.2, 0) is 0 Å². The van der Waals surface area contributed by atoms with Crippen molar-refractivity contribution in [2.24, 2.45) is 5.92 Å². The fourth-order valence-corrected chi connectivity index (χ4v) is 4.01. The number of nitrogens with zero attached hydrogens (tertiary/aromatic N) is 1. The first-order valence-corrected chi connectivity index (χ1v) is 8.30. The molecule has 3 heterocycles. The van der Waals surface area contributed by atoms with Crippen LogP contribution in [0.4, 0.5) is 0 Å². The van der Waals surface area contributed by atoms with Gasteiger partial charge in [-0.25, -0.2) is 0 Å². The highest BCUT2D eigenvalue weighted by atomic mass is 35.5. The minimum Gasteiger partial charge on any atom is -0.348 e. The molecule has 0 aromatic heterocycles. The van der Waals surface area contributed by atoms with Crippen LogP contribution in [0.1, 0.15) is 23.2 Å². The number of hydrogen-bond donors (Lipinski definition) is 1. The summed E-state index contributed by atoms with van der Waals surface area (Å²) in [6.45, 7) is 3.37. The molecule has 0 unspecified atom stereocenters. The molecule has 22 heavy (non-hydrogen) atoms. The monoisotopic (exact) mass is 314 g/mol. The van der Waals surface area contributed by atoms with Crippen LogP contribution < -0.4 is 5.32 Å².